The van der Waals surface area contributed by atoms with Crippen LogP contribution < -0.4 is 0 Å². The van der Waals surface area contributed by atoms with Crippen LogP contribution in [-0.4, -0.2) is 57.8 Å². The molecule has 24 heavy (non-hydrogen) atoms. The van der Waals surface area contributed by atoms with Crippen LogP contribution in [0.2, 0.25) is 0 Å². The quantitative estimate of drug-likeness (QED) is 0.746. The van der Waals surface area contributed by atoms with Gasteiger partial charge in [0.05, 0.1) is 15.2 Å². The fraction of sp³-hybridized carbons (Fsp3) is 0.647. The van der Waals surface area contributed by atoms with Gasteiger partial charge in [-0.05, 0) is 38.1 Å². The molecule has 0 bridgehead atoms. The number of alkyl halides is 1. The Hall–Kier alpha value is -0.720. The van der Waals surface area contributed by atoms with E-state index in [0.29, 0.717) is 19.0 Å². The van der Waals surface area contributed by atoms with Crippen LogP contribution in [0.25, 0.3) is 0 Å². The Bertz CT molecular complexity index is 610. The number of nitrogens with zero attached hydrogens (tertiary/aromatic N) is 2. The molecule has 0 radical (unpaired) electrons. The lowest BCUT2D eigenvalue weighted by Gasteiger charge is -2.45. The number of thioether (sulfide) groups is 1. The average molecular weight is 387 g/mol. The fourth-order valence-corrected chi connectivity index (χ4v) is 5.63. The number of likely N-dealkylation sites (tertiary alicyclic amines) is 1. The second-order valence-electron chi connectivity index (χ2n) is 7.04. The number of carbonyl (C=O) groups excluding carboxylic acids is 2. The van der Waals surface area contributed by atoms with Crippen molar-refractivity contribution < 1.29 is 9.59 Å². The van der Waals surface area contributed by atoms with Gasteiger partial charge in [-0.1, -0.05) is 6.07 Å². The molecule has 2 amide bonds. The molecule has 0 aliphatic carbocycles. The molecular weight excluding hydrogens is 364 g/mol. The van der Waals surface area contributed by atoms with E-state index < -0.39 is 5.41 Å². The van der Waals surface area contributed by atoms with Crippen LogP contribution in [0.3, 0.4) is 0 Å². The summed E-state index contributed by atoms with van der Waals surface area (Å²) >= 11 is 9.32. The maximum Gasteiger partial charge on any atom is 0.265 e. The Labute approximate surface area is 156 Å². The van der Waals surface area contributed by atoms with E-state index in [2.05, 4.69) is 0 Å². The number of amides is 2. The van der Waals surface area contributed by atoms with E-state index in [-0.39, 0.29) is 16.7 Å². The average Bonchev–Trinajstić information content (AvgIpc) is 3.25. The number of halogens is 1. The molecule has 1 aromatic heterocycles. The summed E-state index contributed by atoms with van der Waals surface area (Å²) in [5, 5.41) is 1.94. The minimum absolute atomic E-state index is 0.117. The van der Waals surface area contributed by atoms with Crippen molar-refractivity contribution in [1.82, 2.24) is 9.80 Å². The fourth-order valence-electron chi connectivity index (χ4n) is 3.39. The molecule has 132 valence electrons. The monoisotopic (exact) mass is 386 g/mol. The molecule has 3 rings (SSSR count). The summed E-state index contributed by atoms with van der Waals surface area (Å²) in [6.07, 6.45) is 1.66. The topological polar surface area (TPSA) is 40.6 Å². The minimum atomic E-state index is -0.526. The van der Waals surface area contributed by atoms with Crippen LogP contribution in [-0.2, 0) is 4.79 Å². The van der Waals surface area contributed by atoms with Gasteiger partial charge in [0.15, 0.2) is 0 Å². The third-order valence-electron chi connectivity index (χ3n) is 4.90. The highest BCUT2D eigenvalue weighted by Crippen LogP contribution is 2.45. The summed E-state index contributed by atoms with van der Waals surface area (Å²) in [6, 6.07) is 3.81. The van der Waals surface area contributed by atoms with Crippen molar-refractivity contribution in [3.8, 4) is 0 Å². The van der Waals surface area contributed by atoms with Crippen molar-refractivity contribution in [3.63, 3.8) is 0 Å². The molecular formula is C17H23ClN2O2S2. The Balaban J connectivity index is 1.70. The summed E-state index contributed by atoms with van der Waals surface area (Å²) in [7, 11) is 0. The van der Waals surface area contributed by atoms with E-state index >= 15 is 0 Å². The third kappa shape index (κ3) is 3.20. The first-order valence-electron chi connectivity index (χ1n) is 8.24. The van der Waals surface area contributed by atoms with Gasteiger partial charge >= 0.3 is 0 Å². The summed E-state index contributed by atoms with van der Waals surface area (Å²) in [6.45, 7) is 5.97. The van der Waals surface area contributed by atoms with Gasteiger partial charge in [-0.2, -0.15) is 0 Å². The van der Waals surface area contributed by atoms with Gasteiger partial charge < -0.3 is 9.80 Å². The zero-order chi connectivity index (χ0) is 17.4. The summed E-state index contributed by atoms with van der Waals surface area (Å²) < 4.78 is 0. The molecule has 2 fully saturated rings. The highest BCUT2D eigenvalue weighted by molar-refractivity contribution is 8.00. The molecule has 0 aromatic carbocycles. The predicted molar refractivity (Wildman–Crippen MR) is 101 cm³/mol. The molecule has 7 heteroatoms. The molecule has 0 N–H and O–H groups in total. The molecule has 2 saturated heterocycles. The summed E-state index contributed by atoms with van der Waals surface area (Å²) in [4.78, 5) is 30.1. The molecule has 1 spiro atoms. The lowest BCUT2D eigenvalue weighted by molar-refractivity contribution is -0.140. The first-order valence-corrected chi connectivity index (χ1v) is 10.6. The number of carbonyl (C=O) groups is 2. The highest BCUT2D eigenvalue weighted by Gasteiger charge is 2.48. The smallest absolute Gasteiger partial charge is 0.265 e. The largest absolute Gasteiger partial charge is 0.342 e. The van der Waals surface area contributed by atoms with Crippen molar-refractivity contribution in [2.45, 2.75) is 31.6 Å². The second-order valence-corrected chi connectivity index (χ2v) is 9.71. The molecule has 4 nitrogen and oxygen atoms in total. The number of hydrogen-bond donors (Lipinski definition) is 0. The van der Waals surface area contributed by atoms with Crippen LogP contribution in [0.4, 0.5) is 0 Å². The van der Waals surface area contributed by atoms with Gasteiger partial charge in [0.2, 0.25) is 5.91 Å². The van der Waals surface area contributed by atoms with Crippen LogP contribution in [0.15, 0.2) is 17.5 Å². The van der Waals surface area contributed by atoms with Crippen LogP contribution in [0.1, 0.15) is 36.4 Å². The number of rotatable bonds is 3. The van der Waals surface area contributed by atoms with Gasteiger partial charge in [0, 0.05) is 31.3 Å². The van der Waals surface area contributed by atoms with Gasteiger partial charge in [-0.15, -0.1) is 34.7 Å². The first kappa shape index (κ1) is 18.1. The Morgan fingerprint density at radius 3 is 2.58 bits per heavy atom. The number of hydrogen-bond acceptors (Lipinski definition) is 4. The molecule has 2 aliphatic rings. The number of thiophene rings is 1. The molecule has 0 atom stereocenters. The van der Waals surface area contributed by atoms with Gasteiger partial charge in [0.25, 0.3) is 5.91 Å². The Morgan fingerprint density at radius 1 is 1.29 bits per heavy atom. The van der Waals surface area contributed by atoms with Crippen LogP contribution in [0, 0.1) is 5.41 Å². The van der Waals surface area contributed by atoms with E-state index in [4.69, 9.17) is 11.6 Å². The zero-order valence-electron chi connectivity index (χ0n) is 14.1. The first-order chi connectivity index (χ1) is 11.4. The van der Waals surface area contributed by atoms with E-state index in [1.54, 1.807) is 0 Å². The summed E-state index contributed by atoms with van der Waals surface area (Å²) in [5.41, 5.74) is -0.526. The van der Waals surface area contributed by atoms with Crippen molar-refractivity contribution in [2.75, 3.05) is 31.3 Å². The standard InChI is InChI=1S/C17H23ClN2O2S2/c1-16(2,12-18)15(22)19-7-5-17(6-8-19)20(9-11-24-17)14(21)13-4-3-10-23-13/h3-4,10H,5-9,11-12H2,1-2H3. The molecule has 3 heterocycles. The van der Waals surface area contributed by atoms with Gasteiger partial charge in [0.1, 0.15) is 0 Å². The second kappa shape index (κ2) is 6.89. The van der Waals surface area contributed by atoms with Gasteiger partial charge in [-0.25, -0.2) is 0 Å². The van der Waals surface area contributed by atoms with Crippen molar-refractivity contribution in [1.29, 1.82) is 0 Å². The van der Waals surface area contributed by atoms with E-state index in [9.17, 15) is 9.59 Å². The molecule has 0 unspecified atom stereocenters. The maximum absolute atomic E-state index is 12.8. The molecule has 1 aromatic rings. The van der Waals surface area contributed by atoms with E-state index in [0.717, 1.165) is 30.0 Å². The van der Waals surface area contributed by atoms with Crippen molar-refractivity contribution in [2.24, 2.45) is 5.41 Å². The third-order valence-corrected chi connectivity index (χ3v) is 7.98. The summed E-state index contributed by atoms with van der Waals surface area (Å²) in [5.74, 6) is 1.55. The lowest BCUT2D eigenvalue weighted by Crippen LogP contribution is -2.55. The number of piperidine rings is 1. The lowest BCUT2D eigenvalue weighted by atomic mass is 9.92. The van der Waals surface area contributed by atoms with Crippen LogP contribution >= 0.6 is 34.7 Å². The van der Waals surface area contributed by atoms with E-state index in [1.807, 2.05) is 52.9 Å². The Kier molecular flexibility index (Phi) is 5.19. The van der Waals surface area contributed by atoms with Crippen molar-refractivity contribution >= 4 is 46.5 Å². The maximum atomic E-state index is 12.8. The van der Waals surface area contributed by atoms with Crippen molar-refractivity contribution in [3.05, 3.63) is 22.4 Å². The Morgan fingerprint density at radius 2 is 2.00 bits per heavy atom. The SMILES string of the molecule is CC(C)(CCl)C(=O)N1CCC2(CC1)SCCN2C(=O)c1cccs1. The molecule has 2 aliphatic heterocycles. The minimum Gasteiger partial charge on any atom is -0.342 e. The van der Waals surface area contributed by atoms with Crippen LogP contribution in [0.5, 0.6) is 0 Å². The van der Waals surface area contributed by atoms with E-state index in [1.165, 1.54) is 11.3 Å². The normalized spacial score (nSPS) is 20.6. The highest BCUT2D eigenvalue weighted by atomic mass is 35.5. The zero-order valence-corrected chi connectivity index (χ0v) is 16.5. The van der Waals surface area contributed by atoms with Gasteiger partial charge in [-0.3, -0.25) is 9.59 Å². The predicted octanol–water partition coefficient (Wildman–Crippen LogP) is 3.52. The molecule has 0 saturated carbocycles.